The van der Waals surface area contributed by atoms with Crippen LogP contribution in [0, 0.1) is 0 Å². The Morgan fingerprint density at radius 2 is 2.12 bits per heavy atom. The molecular weight excluding hydrogens is 251 g/mol. The Kier molecular flexibility index (Phi) is 4.99. The van der Waals surface area contributed by atoms with Crippen LogP contribution in [0.25, 0.3) is 0 Å². The minimum atomic E-state index is -4.34. The fraction of sp³-hybridized carbons (Fsp3) is 0.455. The van der Waals surface area contributed by atoms with E-state index in [1.165, 1.54) is 24.8 Å². The van der Waals surface area contributed by atoms with E-state index in [0.717, 1.165) is 12.3 Å². The molecule has 0 bridgehead atoms. The van der Waals surface area contributed by atoms with E-state index >= 15 is 0 Å². The SMILES string of the molecule is CC(=O)CCCSc1ccc(C(F)(F)F)cn1. The van der Waals surface area contributed by atoms with Gasteiger partial charge >= 0.3 is 6.18 Å². The van der Waals surface area contributed by atoms with Crippen molar-refractivity contribution in [3.8, 4) is 0 Å². The van der Waals surface area contributed by atoms with E-state index in [1.807, 2.05) is 0 Å². The largest absolute Gasteiger partial charge is 0.417 e. The van der Waals surface area contributed by atoms with Gasteiger partial charge in [0, 0.05) is 12.6 Å². The smallest absolute Gasteiger partial charge is 0.300 e. The van der Waals surface area contributed by atoms with Crippen LogP contribution in [0.5, 0.6) is 0 Å². The molecule has 1 aromatic heterocycles. The number of nitrogens with zero attached hydrogens (tertiary/aromatic N) is 1. The first-order valence-corrected chi connectivity index (χ1v) is 6.03. The third-order valence-electron chi connectivity index (χ3n) is 1.99. The molecule has 0 radical (unpaired) electrons. The molecule has 0 spiro atoms. The fourth-order valence-electron chi connectivity index (χ4n) is 1.13. The zero-order valence-electron chi connectivity index (χ0n) is 9.25. The van der Waals surface area contributed by atoms with Crippen LogP contribution < -0.4 is 0 Å². The average Bonchev–Trinajstić information content (AvgIpc) is 2.23. The van der Waals surface area contributed by atoms with Gasteiger partial charge in [0.1, 0.15) is 5.78 Å². The highest BCUT2D eigenvalue weighted by Crippen LogP contribution is 2.29. The summed E-state index contributed by atoms with van der Waals surface area (Å²) in [4.78, 5) is 14.4. The van der Waals surface area contributed by atoms with Gasteiger partial charge in [-0.3, -0.25) is 0 Å². The molecule has 0 saturated heterocycles. The standard InChI is InChI=1S/C11H12F3NOS/c1-8(16)3-2-6-17-10-5-4-9(7-15-10)11(12,13)14/h4-5,7H,2-3,6H2,1H3. The molecule has 0 atom stereocenters. The molecule has 1 rings (SSSR count). The number of carbonyl (C=O) groups is 1. The van der Waals surface area contributed by atoms with Crippen molar-refractivity contribution in [2.24, 2.45) is 0 Å². The summed E-state index contributed by atoms with van der Waals surface area (Å²) in [5.41, 5.74) is -0.745. The van der Waals surface area contributed by atoms with Crippen LogP contribution in [0.3, 0.4) is 0 Å². The second-order valence-electron chi connectivity index (χ2n) is 3.54. The summed E-state index contributed by atoms with van der Waals surface area (Å²) in [5.74, 6) is 0.795. The molecule has 2 nitrogen and oxygen atoms in total. The second kappa shape index (κ2) is 6.05. The number of pyridine rings is 1. The number of aromatic nitrogens is 1. The number of rotatable bonds is 5. The second-order valence-corrected chi connectivity index (χ2v) is 4.65. The normalized spacial score (nSPS) is 11.5. The third-order valence-corrected chi connectivity index (χ3v) is 3.02. The van der Waals surface area contributed by atoms with Crippen LogP contribution in [-0.2, 0) is 11.0 Å². The average molecular weight is 263 g/mol. The molecule has 17 heavy (non-hydrogen) atoms. The summed E-state index contributed by atoms with van der Waals surface area (Å²) in [7, 11) is 0. The number of hydrogen-bond acceptors (Lipinski definition) is 3. The maximum absolute atomic E-state index is 12.2. The van der Waals surface area contributed by atoms with Crippen molar-refractivity contribution in [1.29, 1.82) is 0 Å². The molecule has 0 amide bonds. The first-order valence-electron chi connectivity index (χ1n) is 5.05. The maximum Gasteiger partial charge on any atom is 0.417 e. The summed E-state index contributed by atoms with van der Waals surface area (Å²) in [6, 6.07) is 2.36. The molecule has 0 fully saturated rings. The number of thioether (sulfide) groups is 1. The molecule has 1 aromatic rings. The molecule has 0 saturated carbocycles. The van der Waals surface area contributed by atoms with Gasteiger partial charge in [-0.1, -0.05) is 0 Å². The van der Waals surface area contributed by atoms with Crippen molar-refractivity contribution in [3.05, 3.63) is 23.9 Å². The van der Waals surface area contributed by atoms with Gasteiger partial charge in [-0.05, 0) is 31.2 Å². The lowest BCUT2D eigenvalue weighted by molar-refractivity contribution is -0.137. The van der Waals surface area contributed by atoms with E-state index in [9.17, 15) is 18.0 Å². The number of hydrogen-bond donors (Lipinski definition) is 0. The van der Waals surface area contributed by atoms with E-state index in [2.05, 4.69) is 4.98 Å². The van der Waals surface area contributed by atoms with Crippen LogP contribution in [0.1, 0.15) is 25.3 Å². The molecule has 94 valence electrons. The highest BCUT2D eigenvalue weighted by Gasteiger charge is 2.30. The Morgan fingerprint density at radius 1 is 1.41 bits per heavy atom. The van der Waals surface area contributed by atoms with Crippen molar-refractivity contribution >= 4 is 17.5 Å². The van der Waals surface area contributed by atoms with Crippen LogP contribution in [-0.4, -0.2) is 16.5 Å². The minimum Gasteiger partial charge on any atom is -0.300 e. The molecule has 0 unspecified atom stereocenters. The number of ketones is 1. The highest BCUT2D eigenvalue weighted by molar-refractivity contribution is 7.99. The Balaban J connectivity index is 2.43. The lowest BCUT2D eigenvalue weighted by Crippen LogP contribution is -2.05. The van der Waals surface area contributed by atoms with Crippen molar-refractivity contribution < 1.29 is 18.0 Å². The minimum absolute atomic E-state index is 0.117. The summed E-state index contributed by atoms with van der Waals surface area (Å²) >= 11 is 1.35. The highest BCUT2D eigenvalue weighted by atomic mass is 32.2. The van der Waals surface area contributed by atoms with E-state index in [-0.39, 0.29) is 5.78 Å². The lowest BCUT2D eigenvalue weighted by atomic mass is 10.3. The van der Waals surface area contributed by atoms with Crippen LogP contribution >= 0.6 is 11.8 Å². The summed E-state index contributed by atoms with van der Waals surface area (Å²) < 4.78 is 36.7. The molecule has 0 aliphatic carbocycles. The molecule has 6 heteroatoms. The van der Waals surface area contributed by atoms with Gasteiger partial charge in [0.25, 0.3) is 0 Å². The summed E-state index contributed by atoms with van der Waals surface area (Å²) in [6.45, 7) is 1.51. The first kappa shape index (κ1) is 14.0. The Labute approximate surface area is 102 Å². The predicted octanol–water partition coefficient (Wildman–Crippen LogP) is 3.56. The van der Waals surface area contributed by atoms with Crippen LogP contribution in [0.2, 0.25) is 0 Å². The zero-order valence-corrected chi connectivity index (χ0v) is 10.1. The van der Waals surface area contributed by atoms with Gasteiger partial charge in [-0.15, -0.1) is 11.8 Å². The number of alkyl halides is 3. The topological polar surface area (TPSA) is 30.0 Å². The monoisotopic (exact) mass is 263 g/mol. The van der Waals surface area contributed by atoms with Crippen molar-refractivity contribution in [2.75, 3.05) is 5.75 Å². The summed E-state index contributed by atoms with van der Waals surface area (Å²) in [5, 5.41) is 0.543. The predicted molar refractivity (Wildman–Crippen MR) is 59.9 cm³/mol. The van der Waals surface area contributed by atoms with E-state index in [4.69, 9.17) is 0 Å². The van der Waals surface area contributed by atoms with Crippen molar-refractivity contribution in [1.82, 2.24) is 4.98 Å². The van der Waals surface area contributed by atoms with E-state index in [0.29, 0.717) is 23.6 Å². The van der Waals surface area contributed by atoms with Crippen LogP contribution in [0.15, 0.2) is 23.4 Å². The third kappa shape index (κ3) is 5.21. The van der Waals surface area contributed by atoms with Crippen molar-refractivity contribution in [2.45, 2.75) is 31.0 Å². The van der Waals surface area contributed by atoms with Crippen molar-refractivity contribution in [3.63, 3.8) is 0 Å². The maximum atomic E-state index is 12.2. The quantitative estimate of drug-likeness (QED) is 0.601. The number of halogens is 3. The molecule has 0 aromatic carbocycles. The fourth-order valence-corrected chi connectivity index (χ4v) is 1.92. The van der Waals surface area contributed by atoms with Crippen LogP contribution in [0.4, 0.5) is 13.2 Å². The Hall–Kier alpha value is -1.04. The molecule has 0 aliphatic rings. The van der Waals surface area contributed by atoms with Gasteiger partial charge in [0.2, 0.25) is 0 Å². The Morgan fingerprint density at radius 3 is 2.59 bits per heavy atom. The van der Waals surface area contributed by atoms with Gasteiger partial charge in [0.05, 0.1) is 10.6 Å². The van der Waals surface area contributed by atoms with Gasteiger partial charge in [-0.2, -0.15) is 13.2 Å². The van der Waals surface area contributed by atoms with E-state index in [1.54, 1.807) is 0 Å². The zero-order chi connectivity index (χ0) is 12.9. The first-order chi connectivity index (χ1) is 7.89. The molecular formula is C11H12F3NOS. The lowest BCUT2D eigenvalue weighted by Gasteiger charge is -2.06. The molecule has 1 heterocycles. The summed E-state index contributed by atoms with van der Waals surface area (Å²) in [6.07, 6.45) is -2.31. The molecule has 0 aliphatic heterocycles. The van der Waals surface area contributed by atoms with E-state index < -0.39 is 11.7 Å². The Bertz CT molecular complexity index is 375. The number of Topliss-reactive ketones (excluding diaryl/α,β-unsaturated/α-hetero) is 1. The van der Waals surface area contributed by atoms with Gasteiger partial charge < -0.3 is 4.79 Å². The number of carbonyl (C=O) groups excluding carboxylic acids is 1. The van der Waals surface area contributed by atoms with Gasteiger partial charge in [0.15, 0.2) is 0 Å². The van der Waals surface area contributed by atoms with Gasteiger partial charge in [-0.25, -0.2) is 4.98 Å². The molecule has 0 N–H and O–H groups in total.